The number of pyridine rings is 1. The van der Waals surface area contributed by atoms with E-state index < -0.39 is 0 Å². The number of ether oxygens (including phenoxy) is 1. The van der Waals surface area contributed by atoms with E-state index in [4.69, 9.17) is 4.74 Å². The van der Waals surface area contributed by atoms with E-state index in [-0.39, 0.29) is 0 Å². The number of rotatable bonds is 5. The third-order valence-electron chi connectivity index (χ3n) is 2.72. The van der Waals surface area contributed by atoms with E-state index in [0.29, 0.717) is 11.2 Å². The number of hydrogen-bond acceptors (Lipinski definition) is 6. The van der Waals surface area contributed by atoms with Crippen molar-refractivity contribution in [2.45, 2.75) is 32.4 Å². The van der Waals surface area contributed by atoms with Crippen molar-refractivity contribution in [2.75, 3.05) is 0 Å². The second kappa shape index (κ2) is 4.99. The summed E-state index contributed by atoms with van der Waals surface area (Å²) in [6.45, 7) is 2.68. The van der Waals surface area contributed by atoms with Crippen LogP contribution in [0.5, 0.6) is 10.9 Å². The highest BCUT2D eigenvalue weighted by Gasteiger charge is 2.20. The van der Waals surface area contributed by atoms with Gasteiger partial charge in [0.15, 0.2) is 5.75 Å². The van der Waals surface area contributed by atoms with Crippen LogP contribution < -0.4 is 10.1 Å². The maximum absolute atomic E-state index is 5.67. The fourth-order valence-electron chi connectivity index (χ4n) is 1.54. The molecule has 0 radical (unpaired) electrons. The molecule has 0 saturated heterocycles. The molecule has 94 valence electrons. The Hall–Kier alpha value is -1.53. The monoisotopic (exact) mass is 262 g/mol. The third-order valence-corrected chi connectivity index (χ3v) is 3.52. The number of nitrogens with zero attached hydrogens (tertiary/aromatic N) is 3. The van der Waals surface area contributed by atoms with Gasteiger partial charge in [0.2, 0.25) is 0 Å². The van der Waals surface area contributed by atoms with Crippen LogP contribution in [0.15, 0.2) is 18.3 Å². The van der Waals surface area contributed by atoms with Gasteiger partial charge in [-0.15, -0.1) is 5.10 Å². The molecule has 1 saturated carbocycles. The van der Waals surface area contributed by atoms with Gasteiger partial charge in [-0.05, 0) is 31.9 Å². The SMILES string of the molecule is Cc1ncccc1Oc1nnc(CNC2CC2)s1. The highest BCUT2D eigenvalue weighted by molar-refractivity contribution is 7.13. The van der Waals surface area contributed by atoms with Crippen LogP contribution in [-0.4, -0.2) is 21.2 Å². The minimum atomic E-state index is 0.568. The quantitative estimate of drug-likeness (QED) is 0.895. The Morgan fingerprint density at radius 1 is 1.44 bits per heavy atom. The first-order chi connectivity index (χ1) is 8.81. The van der Waals surface area contributed by atoms with Crippen molar-refractivity contribution in [3.63, 3.8) is 0 Å². The number of hydrogen-bond donors (Lipinski definition) is 1. The smallest absolute Gasteiger partial charge is 0.299 e. The predicted octanol–water partition coefficient (Wildman–Crippen LogP) is 2.29. The Kier molecular flexibility index (Phi) is 3.21. The molecule has 18 heavy (non-hydrogen) atoms. The first-order valence-electron chi connectivity index (χ1n) is 5.96. The number of aryl methyl sites for hydroxylation is 1. The topological polar surface area (TPSA) is 59.9 Å². The van der Waals surface area contributed by atoms with Gasteiger partial charge in [-0.3, -0.25) is 4.98 Å². The molecule has 2 heterocycles. The Balaban J connectivity index is 1.63. The molecular weight excluding hydrogens is 248 g/mol. The molecule has 2 aromatic heterocycles. The molecule has 0 aliphatic heterocycles. The van der Waals surface area contributed by atoms with E-state index in [2.05, 4.69) is 20.5 Å². The summed E-state index contributed by atoms with van der Waals surface area (Å²) in [6.07, 6.45) is 4.29. The van der Waals surface area contributed by atoms with Gasteiger partial charge >= 0.3 is 0 Å². The van der Waals surface area contributed by atoms with Crippen LogP contribution in [0.1, 0.15) is 23.5 Å². The van der Waals surface area contributed by atoms with Crippen molar-refractivity contribution in [3.8, 4) is 10.9 Å². The summed E-state index contributed by atoms with van der Waals surface area (Å²) in [7, 11) is 0. The molecule has 0 bridgehead atoms. The van der Waals surface area contributed by atoms with E-state index in [1.807, 2.05) is 19.1 Å². The molecule has 0 spiro atoms. The lowest BCUT2D eigenvalue weighted by Gasteiger charge is -2.02. The molecule has 1 aliphatic carbocycles. The first kappa shape index (κ1) is 11.6. The zero-order valence-corrected chi connectivity index (χ0v) is 10.9. The van der Waals surface area contributed by atoms with E-state index in [1.165, 1.54) is 24.2 Å². The van der Waals surface area contributed by atoms with Crippen LogP contribution in [0.4, 0.5) is 0 Å². The third kappa shape index (κ3) is 2.83. The van der Waals surface area contributed by atoms with Crippen LogP contribution >= 0.6 is 11.3 Å². The van der Waals surface area contributed by atoms with E-state index in [1.54, 1.807) is 6.20 Å². The fraction of sp³-hybridized carbons (Fsp3) is 0.417. The van der Waals surface area contributed by atoms with Crippen LogP contribution in [0.25, 0.3) is 0 Å². The molecule has 0 amide bonds. The Bertz CT molecular complexity index is 538. The van der Waals surface area contributed by atoms with Gasteiger partial charge in [-0.25, -0.2) is 0 Å². The minimum absolute atomic E-state index is 0.568. The van der Waals surface area contributed by atoms with Crippen LogP contribution in [-0.2, 0) is 6.54 Å². The minimum Gasteiger partial charge on any atom is -0.428 e. The Morgan fingerprint density at radius 2 is 2.33 bits per heavy atom. The standard InChI is InChI=1S/C12H14N4OS/c1-8-10(3-2-6-13-8)17-12-16-15-11(18-12)7-14-9-4-5-9/h2-3,6,9,14H,4-5,7H2,1H3. The van der Waals surface area contributed by atoms with Gasteiger partial charge in [-0.1, -0.05) is 16.4 Å². The maximum Gasteiger partial charge on any atom is 0.299 e. The predicted molar refractivity (Wildman–Crippen MR) is 68.8 cm³/mol. The van der Waals surface area contributed by atoms with E-state index >= 15 is 0 Å². The maximum atomic E-state index is 5.67. The zero-order chi connectivity index (χ0) is 12.4. The molecule has 0 aromatic carbocycles. The van der Waals surface area contributed by atoms with E-state index in [9.17, 15) is 0 Å². The summed E-state index contributed by atoms with van der Waals surface area (Å²) in [5, 5.41) is 13.1. The van der Waals surface area contributed by atoms with Crippen molar-refractivity contribution in [3.05, 3.63) is 29.0 Å². The molecule has 6 heteroatoms. The van der Waals surface area contributed by atoms with E-state index in [0.717, 1.165) is 23.0 Å². The number of aromatic nitrogens is 3. The molecule has 0 unspecified atom stereocenters. The molecular formula is C12H14N4OS. The largest absolute Gasteiger partial charge is 0.428 e. The summed E-state index contributed by atoms with van der Waals surface area (Å²) in [5.74, 6) is 0.732. The second-order valence-corrected chi connectivity index (χ2v) is 5.33. The second-order valence-electron chi connectivity index (χ2n) is 4.31. The molecule has 1 fully saturated rings. The van der Waals surface area contributed by atoms with Crippen LogP contribution in [0.2, 0.25) is 0 Å². The van der Waals surface area contributed by atoms with Gasteiger partial charge in [0.05, 0.1) is 12.2 Å². The highest BCUT2D eigenvalue weighted by atomic mass is 32.1. The molecule has 1 aliphatic rings. The van der Waals surface area contributed by atoms with Gasteiger partial charge in [0, 0.05) is 12.2 Å². The summed E-state index contributed by atoms with van der Waals surface area (Å²) in [6, 6.07) is 4.41. The van der Waals surface area contributed by atoms with Crippen molar-refractivity contribution in [1.82, 2.24) is 20.5 Å². The Morgan fingerprint density at radius 3 is 3.11 bits per heavy atom. The summed E-state index contributed by atoms with van der Waals surface area (Å²) in [5.41, 5.74) is 0.852. The fourth-order valence-corrected chi connectivity index (χ4v) is 2.19. The van der Waals surface area contributed by atoms with Crippen LogP contribution in [0, 0.1) is 6.92 Å². The summed E-state index contributed by atoms with van der Waals surface area (Å²) < 4.78 is 5.67. The van der Waals surface area contributed by atoms with Crippen molar-refractivity contribution in [1.29, 1.82) is 0 Å². The average Bonchev–Trinajstić information content (AvgIpc) is 3.10. The van der Waals surface area contributed by atoms with Crippen LogP contribution in [0.3, 0.4) is 0 Å². The molecule has 3 rings (SSSR count). The Labute approximate surface area is 109 Å². The first-order valence-corrected chi connectivity index (χ1v) is 6.78. The lowest BCUT2D eigenvalue weighted by Crippen LogP contribution is -2.14. The van der Waals surface area contributed by atoms with Gasteiger partial charge in [-0.2, -0.15) is 0 Å². The molecule has 0 atom stereocenters. The number of nitrogens with one attached hydrogen (secondary N) is 1. The zero-order valence-electron chi connectivity index (χ0n) is 10.1. The highest BCUT2D eigenvalue weighted by Crippen LogP contribution is 2.27. The lowest BCUT2D eigenvalue weighted by molar-refractivity contribution is 0.466. The average molecular weight is 262 g/mol. The normalized spacial score (nSPS) is 14.7. The van der Waals surface area contributed by atoms with Crippen molar-refractivity contribution < 1.29 is 4.74 Å². The van der Waals surface area contributed by atoms with Gasteiger partial charge in [0.25, 0.3) is 5.19 Å². The summed E-state index contributed by atoms with van der Waals surface area (Å²) >= 11 is 1.47. The lowest BCUT2D eigenvalue weighted by atomic mass is 10.3. The van der Waals surface area contributed by atoms with Gasteiger partial charge < -0.3 is 10.1 Å². The molecule has 2 aromatic rings. The van der Waals surface area contributed by atoms with Gasteiger partial charge in [0.1, 0.15) is 5.01 Å². The van der Waals surface area contributed by atoms with Crippen molar-refractivity contribution >= 4 is 11.3 Å². The molecule has 1 N–H and O–H groups in total. The summed E-state index contributed by atoms with van der Waals surface area (Å²) in [4.78, 5) is 4.17. The van der Waals surface area contributed by atoms with Crippen molar-refractivity contribution in [2.24, 2.45) is 0 Å². The molecule has 5 nitrogen and oxygen atoms in total.